The molecule has 2 aromatic rings. The van der Waals surface area contributed by atoms with E-state index in [1.165, 1.54) is 0 Å². The van der Waals surface area contributed by atoms with Crippen molar-refractivity contribution in [2.75, 3.05) is 0 Å². The highest BCUT2D eigenvalue weighted by molar-refractivity contribution is 7.89. The number of nitrogens with one attached hydrogen (secondary N) is 1. The maximum atomic E-state index is 12.3. The van der Waals surface area contributed by atoms with E-state index in [2.05, 4.69) is 16.9 Å². The van der Waals surface area contributed by atoms with Crippen molar-refractivity contribution in [1.82, 2.24) is 4.83 Å². The molecule has 1 N–H and O–H groups in total. The fourth-order valence-corrected chi connectivity index (χ4v) is 3.05. The Hall–Kier alpha value is -2.14. The second-order valence-corrected chi connectivity index (χ2v) is 7.16. The summed E-state index contributed by atoms with van der Waals surface area (Å²) in [5, 5.41) is 4.16. The van der Waals surface area contributed by atoms with Gasteiger partial charge in [-0.05, 0) is 31.0 Å². The van der Waals surface area contributed by atoms with Crippen LogP contribution >= 0.6 is 0 Å². The molecule has 0 bridgehead atoms. The highest BCUT2D eigenvalue weighted by Gasteiger charge is 2.13. The van der Waals surface area contributed by atoms with Gasteiger partial charge in [0.2, 0.25) is 0 Å². The second-order valence-electron chi connectivity index (χ2n) is 5.50. The Morgan fingerprint density at radius 2 is 1.70 bits per heavy atom. The van der Waals surface area contributed by atoms with E-state index in [1.807, 2.05) is 37.3 Å². The van der Waals surface area contributed by atoms with Gasteiger partial charge in [-0.25, -0.2) is 4.83 Å². The first kappa shape index (κ1) is 17.2. The molecule has 23 heavy (non-hydrogen) atoms. The number of nitrogens with zero attached hydrogens (tertiary/aromatic N) is 1. The number of sulfonamides is 1. The van der Waals surface area contributed by atoms with Gasteiger partial charge in [0.1, 0.15) is 0 Å². The predicted octanol–water partition coefficient (Wildman–Crippen LogP) is 3.67. The van der Waals surface area contributed by atoms with Crippen LogP contribution in [0.5, 0.6) is 0 Å². The first-order chi connectivity index (χ1) is 11.0. The maximum Gasteiger partial charge on any atom is 0.276 e. The molecule has 0 unspecified atom stereocenters. The Bertz CT molecular complexity index is 751. The molecule has 0 aliphatic rings. The number of hydrogen-bond donors (Lipinski definition) is 1. The van der Waals surface area contributed by atoms with Crippen molar-refractivity contribution < 1.29 is 8.42 Å². The minimum atomic E-state index is -3.62. The molecular formula is C18H22N2O2S. The van der Waals surface area contributed by atoms with E-state index in [0.717, 1.165) is 29.7 Å². The van der Waals surface area contributed by atoms with Crippen LogP contribution in [0, 0.1) is 6.92 Å². The van der Waals surface area contributed by atoms with E-state index < -0.39 is 10.0 Å². The Morgan fingerprint density at radius 1 is 1.04 bits per heavy atom. The molecule has 0 saturated heterocycles. The number of aryl methyl sites for hydroxylation is 1. The lowest BCUT2D eigenvalue weighted by Crippen LogP contribution is -2.21. The van der Waals surface area contributed by atoms with Crippen LogP contribution in [-0.4, -0.2) is 14.1 Å². The summed E-state index contributed by atoms with van der Waals surface area (Å²) in [6.07, 6.45) is 2.31. The zero-order valence-corrected chi connectivity index (χ0v) is 14.3. The molecule has 2 aromatic carbocycles. The lowest BCUT2D eigenvalue weighted by molar-refractivity contribution is 0.584. The van der Waals surface area contributed by atoms with E-state index in [9.17, 15) is 8.42 Å². The van der Waals surface area contributed by atoms with E-state index >= 15 is 0 Å². The number of hydrazone groups is 1. The van der Waals surface area contributed by atoms with Crippen molar-refractivity contribution >= 4 is 15.7 Å². The van der Waals surface area contributed by atoms with Gasteiger partial charge in [-0.2, -0.15) is 13.5 Å². The van der Waals surface area contributed by atoms with Gasteiger partial charge in [-0.3, -0.25) is 0 Å². The molecular weight excluding hydrogens is 308 g/mol. The normalized spacial score (nSPS) is 12.2. The highest BCUT2D eigenvalue weighted by Crippen LogP contribution is 2.10. The topological polar surface area (TPSA) is 58.5 Å². The molecule has 122 valence electrons. The fourth-order valence-electron chi connectivity index (χ4n) is 2.20. The molecule has 0 aliphatic heterocycles. The van der Waals surface area contributed by atoms with E-state index in [1.54, 1.807) is 24.3 Å². The van der Waals surface area contributed by atoms with Crippen LogP contribution in [0.3, 0.4) is 0 Å². The van der Waals surface area contributed by atoms with Crippen molar-refractivity contribution in [2.45, 2.75) is 38.0 Å². The lowest BCUT2D eigenvalue weighted by Gasteiger charge is -2.08. The van der Waals surface area contributed by atoms with Crippen molar-refractivity contribution in [3.63, 3.8) is 0 Å². The first-order valence-corrected chi connectivity index (χ1v) is 9.17. The van der Waals surface area contributed by atoms with Crippen LogP contribution in [0.1, 0.15) is 30.9 Å². The summed E-state index contributed by atoms with van der Waals surface area (Å²) in [5.41, 5.74) is 2.96. The largest absolute Gasteiger partial charge is 0.276 e. The average Bonchev–Trinajstić information content (AvgIpc) is 2.54. The molecule has 5 heteroatoms. The zero-order chi connectivity index (χ0) is 16.7. The Kier molecular flexibility index (Phi) is 5.93. The summed E-state index contributed by atoms with van der Waals surface area (Å²) in [6.45, 7) is 3.97. The molecule has 0 heterocycles. The van der Waals surface area contributed by atoms with Crippen LogP contribution in [0.4, 0.5) is 0 Å². The molecule has 0 atom stereocenters. The van der Waals surface area contributed by atoms with Gasteiger partial charge in [0.25, 0.3) is 10.0 Å². The minimum Gasteiger partial charge on any atom is -0.200 e. The van der Waals surface area contributed by atoms with E-state index in [-0.39, 0.29) is 4.90 Å². The monoisotopic (exact) mass is 330 g/mol. The maximum absolute atomic E-state index is 12.3. The van der Waals surface area contributed by atoms with Crippen molar-refractivity contribution in [3.8, 4) is 0 Å². The van der Waals surface area contributed by atoms with Gasteiger partial charge in [0.15, 0.2) is 0 Å². The molecule has 0 saturated carbocycles. The molecule has 0 spiro atoms. The van der Waals surface area contributed by atoms with Crippen LogP contribution < -0.4 is 4.83 Å². The molecule has 0 aliphatic carbocycles. The van der Waals surface area contributed by atoms with Crippen molar-refractivity contribution in [2.24, 2.45) is 5.10 Å². The number of rotatable bonds is 7. The standard InChI is InChI=1S/C18H22N2O2S/c1-3-7-17(14-16-8-5-4-6-9-16)19-20-23(21,22)18-12-10-15(2)11-13-18/h4-6,8-13,20H,3,7,14H2,1-2H3/b19-17+. The SMILES string of the molecule is CCC/C(Cc1ccccc1)=N\NS(=O)(=O)c1ccc(C)cc1. The van der Waals surface area contributed by atoms with Crippen molar-refractivity contribution in [3.05, 3.63) is 65.7 Å². The zero-order valence-electron chi connectivity index (χ0n) is 13.5. The fraction of sp³-hybridized carbons (Fsp3) is 0.278. The van der Waals surface area contributed by atoms with Gasteiger partial charge in [0.05, 0.1) is 4.90 Å². The predicted molar refractivity (Wildman–Crippen MR) is 94.0 cm³/mol. The molecule has 0 aromatic heterocycles. The Labute approximate surface area is 138 Å². The van der Waals surface area contributed by atoms with Crippen LogP contribution in [-0.2, 0) is 16.4 Å². The molecule has 0 radical (unpaired) electrons. The van der Waals surface area contributed by atoms with Crippen molar-refractivity contribution in [1.29, 1.82) is 0 Å². The average molecular weight is 330 g/mol. The quantitative estimate of drug-likeness (QED) is 0.622. The number of hydrogen-bond acceptors (Lipinski definition) is 3. The summed E-state index contributed by atoms with van der Waals surface area (Å²) < 4.78 is 24.6. The van der Waals surface area contributed by atoms with Crippen LogP contribution in [0.2, 0.25) is 0 Å². The van der Waals surface area contributed by atoms with Gasteiger partial charge in [-0.15, -0.1) is 0 Å². The van der Waals surface area contributed by atoms with E-state index in [4.69, 9.17) is 0 Å². The van der Waals surface area contributed by atoms with Crippen LogP contribution in [0.25, 0.3) is 0 Å². The molecule has 4 nitrogen and oxygen atoms in total. The lowest BCUT2D eigenvalue weighted by atomic mass is 10.1. The molecule has 0 amide bonds. The highest BCUT2D eigenvalue weighted by atomic mass is 32.2. The van der Waals surface area contributed by atoms with Gasteiger partial charge < -0.3 is 0 Å². The van der Waals surface area contributed by atoms with Crippen LogP contribution in [0.15, 0.2) is 64.6 Å². The molecule has 2 rings (SSSR count). The van der Waals surface area contributed by atoms with Gasteiger partial charge >= 0.3 is 0 Å². The first-order valence-electron chi connectivity index (χ1n) is 7.69. The van der Waals surface area contributed by atoms with E-state index in [0.29, 0.717) is 6.42 Å². The number of benzene rings is 2. The summed E-state index contributed by atoms with van der Waals surface area (Å²) >= 11 is 0. The van der Waals surface area contributed by atoms with Gasteiger partial charge in [0, 0.05) is 12.1 Å². The second kappa shape index (κ2) is 7.92. The van der Waals surface area contributed by atoms with Gasteiger partial charge in [-0.1, -0.05) is 61.4 Å². The molecule has 0 fully saturated rings. The Balaban J connectivity index is 2.14. The summed E-state index contributed by atoms with van der Waals surface area (Å²) in [7, 11) is -3.62. The third-order valence-corrected chi connectivity index (χ3v) is 4.67. The minimum absolute atomic E-state index is 0.224. The summed E-state index contributed by atoms with van der Waals surface area (Å²) in [6, 6.07) is 16.6. The Morgan fingerprint density at radius 3 is 2.30 bits per heavy atom. The summed E-state index contributed by atoms with van der Waals surface area (Å²) in [5.74, 6) is 0. The third-order valence-electron chi connectivity index (χ3n) is 3.44. The third kappa shape index (κ3) is 5.21. The smallest absolute Gasteiger partial charge is 0.200 e. The summed E-state index contributed by atoms with van der Waals surface area (Å²) in [4.78, 5) is 2.58.